The number of hydrogen-bond donors (Lipinski definition) is 2. The van der Waals surface area contributed by atoms with Crippen LogP contribution >= 0.6 is 0 Å². The fourth-order valence-corrected chi connectivity index (χ4v) is 2.97. The summed E-state index contributed by atoms with van der Waals surface area (Å²) >= 11 is 0. The molecule has 3 rings (SSSR count). The Morgan fingerprint density at radius 3 is 2.72 bits per heavy atom. The first-order valence-electron chi connectivity index (χ1n) is 8.65. The second-order valence-electron chi connectivity index (χ2n) is 6.08. The number of nitrogens with zero attached hydrogens (tertiary/aromatic N) is 1. The molecule has 1 fully saturated rings. The number of para-hydroxylation sites is 1. The largest absolute Gasteiger partial charge is 0.494 e. The van der Waals surface area contributed by atoms with Gasteiger partial charge in [0.25, 0.3) is 0 Å². The van der Waals surface area contributed by atoms with Crippen LogP contribution in [0, 0.1) is 5.82 Å². The number of nitrogens with one attached hydrogen (secondary N) is 2. The zero-order valence-corrected chi connectivity index (χ0v) is 14.6. The number of ether oxygens (including phenoxy) is 1. The highest BCUT2D eigenvalue weighted by Crippen LogP contribution is 2.41. The lowest BCUT2D eigenvalue weighted by atomic mass is 10.1. The van der Waals surface area contributed by atoms with Crippen LogP contribution in [0.4, 0.5) is 4.39 Å². The predicted molar refractivity (Wildman–Crippen MR) is 98.5 cm³/mol. The smallest absolute Gasteiger partial charge is 0.191 e. The van der Waals surface area contributed by atoms with Crippen molar-refractivity contribution in [3.8, 4) is 5.75 Å². The van der Waals surface area contributed by atoms with Gasteiger partial charge in [0.15, 0.2) is 5.96 Å². The van der Waals surface area contributed by atoms with Crippen molar-refractivity contribution in [3.05, 3.63) is 65.5 Å². The molecule has 132 valence electrons. The molecule has 0 amide bonds. The molecule has 4 nitrogen and oxygen atoms in total. The summed E-state index contributed by atoms with van der Waals surface area (Å²) in [7, 11) is 1.74. The molecular formula is C20H24FN3O. The number of hydrogen-bond acceptors (Lipinski definition) is 2. The van der Waals surface area contributed by atoms with E-state index in [1.165, 1.54) is 6.07 Å². The van der Waals surface area contributed by atoms with E-state index in [0.29, 0.717) is 13.2 Å². The summed E-state index contributed by atoms with van der Waals surface area (Å²) in [6.07, 6.45) is 0.914. The molecule has 1 saturated carbocycles. The summed E-state index contributed by atoms with van der Waals surface area (Å²) < 4.78 is 19.5. The van der Waals surface area contributed by atoms with E-state index in [4.69, 9.17) is 4.74 Å². The van der Waals surface area contributed by atoms with Crippen LogP contribution in [0.25, 0.3) is 0 Å². The average molecular weight is 341 g/mol. The van der Waals surface area contributed by atoms with Gasteiger partial charge in [-0.05, 0) is 31.0 Å². The van der Waals surface area contributed by atoms with Gasteiger partial charge >= 0.3 is 0 Å². The molecule has 2 unspecified atom stereocenters. The molecule has 0 bridgehead atoms. The SMILES string of the molecule is CCOc1ccccc1CNC(=NC)NC1CC1c1ccccc1F. The Hall–Kier alpha value is -2.56. The highest BCUT2D eigenvalue weighted by Gasteiger charge is 2.40. The first kappa shape index (κ1) is 17.3. The van der Waals surface area contributed by atoms with Crippen LogP contribution in [0.5, 0.6) is 5.75 Å². The lowest BCUT2D eigenvalue weighted by Gasteiger charge is -2.14. The second-order valence-corrected chi connectivity index (χ2v) is 6.08. The van der Waals surface area contributed by atoms with E-state index in [1.54, 1.807) is 13.1 Å². The summed E-state index contributed by atoms with van der Waals surface area (Å²) in [6, 6.07) is 15.1. The summed E-state index contributed by atoms with van der Waals surface area (Å²) in [6.45, 7) is 3.23. The Balaban J connectivity index is 1.56. The lowest BCUT2D eigenvalue weighted by molar-refractivity contribution is 0.336. The zero-order chi connectivity index (χ0) is 17.6. The van der Waals surface area contributed by atoms with Crippen LogP contribution in [0.2, 0.25) is 0 Å². The molecule has 2 aromatic carbocycles. The highest BCUT2D eigenvalue weighted by atomic mass is 19.1. The quantitative estimate of drug-likeness (QED) is 0.625. The van der Waals surface area contributed by atoms with E-state index in [9.17, 15) is 4.39 Å². The summed E-state index contributed by atoms with van der Waals surface area (Å²) in [5.74, 6) is 1.67. The first-order valence-corrected chi connectivity index (χ1v) is 8.65. The Kier molecular flexibility index (Phi) is 5.53. The number of guanidine groups is 1. The van der Waals surface area contributed by atoms with Gasteiger partial charge in [-0.25, -0.2) is 4.39 Å². The van der Waals surface area contributed by atoms with E-state index in [-0.39, 0.29) is 17.8 Å². The molecule has 25 heavy (non-hydrogen) atoms. The molecule has 0 spiro atoms. The molecule has 0 aliphatic heterocycles. The van der Waals surface area contributed by atoms with Gasteiger partial charge in [-0.15, -0.1) is 0 Å². The van der Waals surface area contributed by atoms with Crippen molar-refractivity contribution in [2.24, 2.45) is 4.99 Å². The molecule has 0 aromatic heterocycles. The topological polar surface area (TPSA) is 45.6 Å². The zero-order valence-electron chi connectivity index (χ0n) is 14.6. The Morgan fingerprint density at radius 1 is 1.20 bits per heavy atom. The number of aliphatic imine (C=N–C) groups is 1. The van der Waals surface area contributed by atoms with Gasteiger partial charge in [0.05, 0.1) is 6.61 Å². The summed E-state index contributed by atoms with van der Waals surface area (Å²) in [5.41, 5.74) is 1.85. The normalized spacial score (nSPS) is 19.4. The van der Waals surface area contributed by atoms with E-state index in [2.05, 4.69) is 15.6 Å². The third kappa shape index (κ3) is 4.29. The average Bonchev–Trinajstić information content (AvgIpc) is 3.39. The minimum Gasteiger partial charge on any atom is -0.494 e. The van der Waals surface area contributed by atoms with Gasteiger partial charge in [0.1, 0.15) is 11.6 Å². The van der Waals surface area contributed by atoms with Crippen molar-refractivity contribution < 1.29 is 9.13 Å². The monoisotopic (exact) mass is 341 g/mol. The molecule has 5 heteroatoms. The van der Waals surface area contributed by atoms with Gasteiger partial charge < -0.3 is 15.4 Å². The van der Waals surface area contributed by atoms with E-state index >= 15 is 0 Å². The fourth-order valence-electron chi connectivity index (χ4n) is 2.97. The van der Waals surface area contributed by atoms with Gasteiger partial charge in [-0.1, -0.05) is 36.4 Å². The van der Waals surface area contributed by atoms with Gasteiger partial charge in [0.2, 0.25) is 0 Å². The van der Waals surface area contributed by atoms with E-state index in [1.807, 2.05) is 43.3 Å². The van der Waals surface area contributed by atoms with Crippen molar-refractivity contribution >= 4 is 5.96 Å². The van der Waals surface area contributed by atoms with Gasteiger partial charge in [-0.3, -0.25) is 4.99 Å². The molecule has 2 N–H and O–H groups in total. The number of halogens is 1. The lowest BCUT2D eigenvalue weighted by Crippen LogP contribution is -2.38. The molecule has 1 aliphatic carbocycles. The predicted octanol–water partition coefficient (Wildman–Crippen LogP) is 3.45. The van der Waals surface area contributed by atoms with Gasteiger partial charge in [-0.2, -0.15) is 0 Å². The standard InChI is InChI=1S/C20H24FN3O/c1-3-25-19-11-7-4-8-14(19)13-23-20(22-2)24-18-12-16(18)15-9-5-6-10-17(15)21/h4-11,16,18H,3,12-13H2,1-2H3,(H2,22,23,24). The van der Waals surface area contributed by atoms with Crippen LogP contribution in [0.15, 0.2) is 53.5 Å². The Labute approximate surface area is 148 Å². The second kappa shape index (κ2) is 8.01. The van der Waals surface area contributed by atoms with Crippen molar-refractivity contribution in [2.75, 3.05) is 13.7 Å². The fraction of sp³-hybridized carbons (Fsp3) is 0.350. The molecule has 0 saturated heterocycles. The Bertz CT molecular complexity index is 747. The minimum atomic E-state index is -0.134. The molecule has 0 radical (unpaired) electrons. The van der Waals surface area contributed by atoms with Crippen LogP contribution in [-0.2, 0) is 6.54 Å². The summed E-state index contributed by atoms with van der Waals surface area (Å²) in [5, 5.41) is 6.68. The number of benzene rings is 2. The maximum absolute atomic E-state index is 13.9. The van der Waals surface area contributed by atoms with E-state index < -0.39 is 0 Å². The van der Waals surface area contributed by atoms with Crippen molar-refractivity contribution in [1.82, 2.24) is 10.6 Å². The summed E-state index contributed by atoms with van der Waals surface area (Å²) in [4.78, 5) is 4.27. The Morgan fingerprint density at radius 2 is 1.96 bits per heavy atom. The van der Waals surface area contributed by atoms with Crippen molar-refractivity contribution in [1.29, 1.82) is 0 Å². The maximum atomic E-state index is 13.9. The minimum absolute atomic E-state index is 0.134. The maximum Gasteiger partial charge on any atom is 0.191 e. The molecule has 1 aliphatic rings. The van der Waals surface area contributed by atoms with Crippen molar-refractivity contribution in [2.45, 2.75) is 31.8 Å². The molecular weight excluding hydrogens is 317 g/mol. The van der Waals surface area contributed by atoms with Crippen molar-refractivity contribution in [3.63, 3.8) is 0 Å². The first-order chi connectivity index (χ1) is 12.2. The van der Waals surface area contributed by atoms with Crippen LogP contribution in [0.1, 0.15) is 30.4 Å². The van der Waals surface area contributed by atoms with Crippen LogP contribution in [-0.4, -0.2) is 25.7 Å². The van der Waals surface area contributed by atoms with Gasteiger partial charge in [0, 0.05) is 31.1 Å². The van der Waals surface area contributed by atoms with Crippen LogP contribution < -0.4 is 15.4 Å². The number of rotatable bonds is 6. The third-order valence-corrected chi connectivity index (χ3v) is 4.36. The molecule has 2 atom stereocenters. The van der Waals surface area contributed by atoms with Crippen LogP contribution in [0.3, 0.4) is 0 Å². The highest BCUT2D eigenvalue weighted by molar-refractivity contribution is 5.80. The van der Waals surface area contributed by atoms with E-state index in [0.717, 1.165) is 29.3 Å². The molecule has 0 heterocycles. The third-order valence-electron chi connectivity index (χ3n) is 4.36. The molecule has 2 aromatic rings.